The molecule has 1 atom stereocenters. The number of nitrogens with zero attached hydrogens (tertiary/aromatic N) is 1. The first-order valence-electron chi connectivity index (χ1n) is 6.55. The minimum atomic E-state index is -0.136. The SMILES string of the molecule is Cl.Cl.Fc1ccc([C@@H](C2CC2)N2CCNCC2)cc1. The summed E-state index contributed by atoms with van der Waals surface area (Å²) in [5, 5.41) is 3.39. The lowest BCUT2D eigenvalue weighted by molar-refractivity contribution is 0.156. The van der Waals surface area contributed by atoms with Gasteiger partial charge in [0.05, 0.1) is 0 Å². The topological polar surface area (TPSA) is 15.3 Å². The molecule has 0 radical (unpaired) electrons. The predicted octanol–water partition coefficient (Wildman–Crippen LogP) is 3.03. The molecule has 19 heavy (non-hydrogen) atoms. The highest BCUT2D eigenvalue weighted by Crippen LogP contribution is 2.44. The Hall–Kier alpha value is -0.350. The number of benzene rings is 1. The molecule has 0 bridgehead atoms. The predicted molar refractivity (Wildman–Crippen MR) is 80.8 cm³/mol. The maximum atomic E-state index is 13.0. The third kappa shape index (κ3) is 4.06. The van der Waals surface area contributed by atoms with E-state index in [4.69, 9.17) is 0 Å². The molecule has 1 aromatic carbocycles. The fraction of sp³-hybridized carbons (Fsp3) is 0.571. The van der Waals surface area contributed by atoms with Crippen LogP contribution in [-0.2, 0) is 0 Å². The molecule has 0 spiro atoms. The van der Waals surface area contributed by atoms with Gasteiger partial charge in [0.25, 0.3) is 0 Å². The zero-order valence-corrected chi connectivity index (χ0v) is 12.5. The Kier molecular flexibility index (Phi) is 6.54. The highest BCUT2D eigenvalue weighted by molar-refractivity contribution is 5.85. The highest BCUT2D eigenvalue weighted by Gasteiger charge is 2.36. The van der Waals surface area contributed by atoms with Crippen LogP contribution >= 0.6 is 24.8 Å². The van der Waals surface area contributed by atoms with E-state index < -0.39 is 0 Å². The van der Waals surface area contributed by atoms with Crippen molar-refractivity contribution in [3.63, 3.8) is 0 Å². The van der Waals surface area contributed by atoms with E-state index >= 15 is 0 Å². The van der Waals surface area contributed by atoms with Crippen molar-refractivity contribution in [3.05, 3.63) is 35.6 Å². The molecule has 1 aliphatic heterocycles. The molecule has 2 aliphatic rings. The first-order valence-corrected chi connectivity index (χ1v) is 6.55. The van der Waals surface area contributed by atoms with Gasteiger partial charge in [0.1, 0.15) is 5.82 Å². The Bertz CT molecular complexity index is 376. The van der Waals surface area contributed by atoms with E-state index in [-0.39, 0.29) is 30.6 Å². The molecule has 2 nitrogen and oxygen atoms in total. The maximum Gasteiger partial charge on any atom is 0.123 e. The van der Waals surface area contributed by atoms with Crippen LogP contribution in [0.15, 0.2) is 24.3 Å². The first kappa shape index (κ1) is 16.7. The van der Waals surface area contributed by atoms with E-state index in [1.54, 1.807) is 12.1 Å². The van der Waals surface area contributed by atoms with Crippen LogP contribution in [0, 0.1) is 11.7 Å². The van der Waals surface area contributed by atoms with Crippen LogP contribution in [0.1, 0.15) is 24.4 Å². The summed E-state index contributed by atoms with van der Waals surface area (Å²) >= 11 is 0. The van der Waals surface area contributed by atoms with Crippen LogP contribution in [0.3, 0.4) is 0 Å². The molecular formula is C14H21Cl2FN2. The van der Waals surface area contributed by atoms with E-state index in [0.29, 0.717) is 6.04 Å². The molecule has 0 unspecified atom stereocenters. The molecule has 1 heterocycles. The van der Waals surface area contributed by atoms with Crippen LogP contribution in [-0.4, -0.2) is 31.1 Å². The molecule has 1 saturated heterocycles. The van der Waals surface area contributed by atoms with Gasteiger partial charge in [-0.05, 0) is 36.5 Å². The summed E-state index contributed by atoms with van der Waals surface area (Å²) in [7, 11) is 0. The van der Waals surface area contributed by atoms with Gasteiger partial charge in [-0.2, -0.15) is 0 Å². The molecule has 3 rings (SSSR count). The molecule has 1 aromatic rings. The number of piperazine rings is 1. The van der Waals surface area contributed by atoms with Gasteiger partial charge in [0.2, 0.25) is 0 Å². The van der Waals surface area contributed by atoms with E-state index in [9.17, 15) is 4.39 Å². The largest absolute Gasteiger partial charge is 0.314 e. The molecule has 108 valence electrons. The smallest absolute Gasteiger partial charge is 0.123 e. The second kappa shape index (κ2) is 7.44. The standard InChI is InChI=1S/C14H19FN2.2ClH/c15-13-5-3-12(4-6-13)14(11-1-2-11)17-9-7-16-8-10-17;;/h3-6,11,14,16H,1-2,7-10H2;2*1H/t14-;;/m1../s1. The van der Waals surface area contributed by atoms with Crippen molar-refractivity contribution >= 4 is 24.8 Å². The van der Waals surface area contributed by atoms with E-state index in [2.05, 4.69) is 10.2 Å². The maximum absolute atomic E-state index is 13.0. The van der Waals surface area contributed by atoms with E-state index in [0.717, 1.165) is 32.1 Å². The summed E-state index contributed by atoms with van der Waals surface area (Å²) in [6, 6.07) is 7.61. The monoisotopic (exact) mass is 306 g/mol. The van der Waals surface area contributed by atoms with Gasteiger partial charge in [-0.3, -0.25) is 4.90 Å². The van der Waals surface area contributed by atoms with Crippen LogP contribution in [0.2, 0.25) is 0 Å². The van der Waals surface area contributed by atoms with E-state index in [1.807, 2.05) is 12.1 Å². The molecule has 0 amide bonds. The van der Waals surface area contributed by atoms with Gasteiger partial charge in [0, 0.05) is 32.2 Å². The second-order valence-corrected chi connectivity index (χ2v) is 5.12. The summed E-state index contributed by atoms with van der Waals surface area (Å²) in [4.78, 5) is 2.56. The average molecular weight is 307 g/mol. The summed E-state index contributed by atoms with van der Waals surface area (Å²) in [6.07, 6.45) is 2.65. The number of hydrogen-bond donors (Lipinski definition) is 1. The van der Waals surface area contributed by atoms with Gasteiger partial charge < -0.3 is 5.32 Å². The van der Waals surface area contributed by atoms with E-state index in [1.165, 1.54) is 18.4 Å². The van der Waals surface area contributed by atoms with Crippen molar-refractivity contribution < 1.29 is 4.39 Å². The molecule has 1 saturated carbocycles. The normalized spacial score (nSPS) is 21.1. The van der Waals surface area contributed by atoms with Gasteiger partial charge in [-0.25, -0.2) is 4.39 Å². The van der Waals surface area contributed by atoms with Crippen LogP contribution in [0.5, 0.6) is 0 Å². The van der Waals surface area contributed by atoms with Crippen molar-refractivity contribution in [3.8, 4) is 0 Å². The third-order valence-corrected chi connectivity index (χ3v) is 3.83. The Morgan fingerprint density at radius 2 is 1.63 bits per heavy atom. The Balaban J connectivity index is 0.000000902. The Morgan fingerprint density at radius 3 is 2.16 bits per heavy atom. The zero-order valence-electron chi connectivity index (χ0n) is 10.8. The summed E-state index contributed by atoms with van der Waals surface area (Å²) < 4.78 is 13.0. The quantitative estimate of drug-likeness (QED) is 0.923. The third-order valence-electron chi connectivity index (χ3n) is 3.83. The number of nitrogens with one attached hydrogen (secondary N) is 1. The lowest BCUT2D eigenvalue weighted by Gasteiger charge is -2.35. The van der Waals surface area contributed by atoms with Crippen molar-refractivity contribution in [1.29, 1.82) is 0 Å². The summed E-state index contributed by atoms with van der Waals surface area (Å²) in [5.41, 5.74) is 1.29. The lowest BCUT2D eigenvalue weighted by Crippen LogP contribution is -2.45. The number of halogens is 3. The van der Waals surface area contributed by atoms with Gasteiger partial charge >= 0.3 is 0 Å². The zero-order chi connectivity index (χ0) is 11.7. The highest BCUT2D eigenvalue weighted by atomic mass is 35.5. The van der Waals surface area contributed by atoms with Crippen molar-refractivity contribution in [1.82, 2.24) is 10.2 Å². The molecule has 2 fully saturated rings. The number of hydrogen-bond acceptors (Lipinski definition) is 2. The summed E-state index contributed by atoms with van der Waals surface area (Å²) in [5.74, 6) is 0.655. The molecule has 0 aromatic heterocycles. The fourth-order valence-corrected chi connectivity index (χ4v) is 2.81. The van der Waals surface area contributed by atoms with Gasteiger partial charge in [-0.1, -0.05) is 12.1 Å². The summed E-state index contributed by atoms with van der Waals surface area (Å²) in [6.45, 7) is 4.37. The minimum absolute atomic E-state index is 0. The lowest BCUT2D eigenvalue weighted by atomic mass is 10.00. The first-order chi connectivity index (χ1) is 8.34. The molecule has 5 heteroatoms. The van der Waals surface area contributed by atoms with Crippen molar-refractivity contribution in [2.75, 3.05) is 26.2 Å². The fourth-order valence-electron chi connectivity index (χ4n) is 2.81. The Morgan fingerprint density at radius 1 is 1.05 bits per heavy atom. The molecule has 1 N–H and O–H groups in total. The van der Waals surface area contributed by atoms with Crippen molar-refractivity contribution in [2.45, 2.75) is 18.9 Å². The van der Waals surface area contributed by atoms with Crippen LogP contribution in [0.4, 0.5) is 4.39 Å². The number of rotatable bonds is 3. The minimum Gasteiger partial charge on any atom is -0.314 e. The average Bonchev–Trinajstić information content (AvgIpc) is 3.18. The molecule has 1 aliphatic carbocycles. The van der Waals surface area contributed by atoms with Gasteiger partial charge in [0.15, 0.2) is 0 Å². The second-order valence-electron chi connectivity index (χ2n) is 5.12. The molecular weight excluding hydrogens is 286 g/mol. The van der Waals surface area contributed by atoms with Crippen molar-refractivity contribution in [2.24, 2.45) is 5.92 Å². The van der Waals surface area contributed by atoms with Gasteiger partial charge in [-0.15, -0.1) is 24.8 Å². The Labute approximate surface area is 126 Å². The van der Waals surface area contributed by atoms with Crippen LogP contribution in [0.25, 0.3) is 0 Å². The van der Waals surface area contributed by atoms with Crippen LogP contribution < -0.4 is 5.32 Å².